The van der Waals surface area contributed by atoms with Crippen molar-refractivity contribution in [2.75, 3.05) is 19.8 Å². The van der Waals surface area contributed by atoms with Crippen molar-refractivity contribution in [3.05, 3.63) is 42.0 Å². The van der Waals surface area contributed by atoms with Gasteiger partial charge in [-0.2, -0.15) is 0 Å². The van der Waals surface area contributed by atoms with E-state index in [0.717, 1.165) is 30.4 Å². The Morgan fingerprint density at radius 2 is 1.65 bits per heavy atom. The van der Waals surface area contributed by atoms with Crippen LogP contribution < -0.4 is 4.74 Å². The van der Waals surface area contributed by atoms with Crippen molar-refractivity contribution in [2.45, 2.75) is 96.7 Å². The van der Waals surface area contributed by atoms with E-state index < -0.39 is 0 Å². The second kappa shape index (κ2) is 13.3. The molecule has 3 rings (SSSR count). The number of benzene rings is 1. The topological polar surface area (TPSA) is 27.7 Å². The Morgan fingerprint density at radius 1 is 0.935 bits per heavy atom. The Bertz CT molecular complexity index is 640. The first-order chi connectivity index (χ1) is 15.2. The van der Waals surface area contributed by atoms with Gasteiger partial charge < -0.3 is 14.2 Å². The third-order valence-corrected chi connectivity index (χ3v) is 7.10. The lowest BCUT2D eigenvalue weighted by molar-refractivity contribution is -0.206. The van der Waals surface area contributed by atoms with Crippen LogP contribution in [0, 0.1) is 11.8 Å². The molecular formula is C28H44O3. The summed E-state index contributed by atoms with van der Waals surface area (Å²) in [7, 11) is 0. The Kier molecular flexibility index (Phi) is 10.4. The van der Waals surface area contributed by atoms with Gasteiger partial charge in [0.05, 0.1) is 13.2 Å². The predicted octanol–water partition coefficient (Wildman–Crippen LogP) is 7.96. The zero-order valence-corrected chi connectivity index (χ0v) is 20.0. The Morgan fingerprint density at radius 3 is 2.32 bits per heavy atom. The van der Waals surface area contributed by atoms with Crippen molar-refractivity contribution < 1.29 is 14.2 Å². The summed E-state index contributed by atoms with van der Waals surface area (Å²) in [6, 6.07) is 6.55. The highest BCUT2D eigenvalue weighted by molar-refractivity contribution is 5.40. The molecule has 0 radical (unpaired) electrons. The Labute approximate surface area is 190 Å². The Hall–Kier alpha value is -1.32. The lowest BCUT2D eigenvalue weighted by atomic mass is 9.76. The van der Waals surface area contributed by atoms with E-state index in [1.807, 2.05) is 6.08 Å². The minimum atomic E-state index is -0.240. The van der Waals surface area contributed by atoms with Crippen molar-refractivity contribution in [1.29, 1.82) is 0 Å². The normalized spacial score (nSPS) is 26.5. The lowest BCUT2D eigenvalue weighted by Crippen LogP contribution is -2.27. The first-order valence-corrected chi connectivity index (χ1v) is 12.9. The summed E-state index contributed by atoms with van der Waals surface area (Å²) in [5.74, 6) is 3.03. The zero-order chi connectivity index (χ0) is 21.9. The average molecular weight is 429 g/mol. The molecule has 1 aliphatic carbocycles. The van der Waals surface area contributed by atoms with E-state index in [-0.39, 0.29) is 6.29 Å². The van der Waals surface area contributed by atoms with Crippen molar-refractivity contribution in [3.63, 3.8) is 0 Å². The number of hydrogen-bond donors (Lipinski definition) is 0. The van der Waals surface area contributed by atoms with E-state index in [9.17, 15) is 0 Å². The fourth-order valence-corrected chi connectivity index (χ4v) is 5.15. The van der Waals surface area contributed by atoms with Gasteiger partial charge in [-0.15, -0.1) is 0 Å². The highest BCUT2D eigenvalue weighted by Gasteiger charge is 2.28. The predicted molar refractivity (Wildman–Crippen MR) is 129 cm³/mol. The third kappa shape index (κ3) is 7.36. The van der Waals surface area contributed by atoms with Crippen molar-refractivity contribution in [1.82, 2.24) is 0 Å². The quantitative estimate of drug-likeness (QED) is 0.250. The minimum absolute atomic E-state index is 0.240. The zero-order valence-electron chi connectivity index (χ0n) is 20.0. The van der Waals surface area contributed by atoms with Gasteiger partial charge in [0, 0.05) is 11.5 Å². The molecule has 0 bridgehead atoms. The van der Waals surface area contributed by atoms with E-state index >= 15 is 0 Å². The second-order valence-corrected chi connectivity index (χ2v) is 9.62. The fraction of sp³-hybridized carbons (Fsp3) is 0.714. The average Bonchev–Trinajstić information content (AvgIpc) is 2.82. The van der Waals surface area contributed by atoms with Crippen LogP contribution in [0.1, 0.15) is 108 Å². The monoisotopic (exact) mass is 428 g/mol. The fourth-order valence-electron chi connectivity index (χ4n) is 5.15. The summed E-state index contributed by atoms with van der Waals surface area (Å²) in [5, 5.41) is 0. The molecule has 3 heteroatoms. The molecule has 2 fully saturated rings. The van der Waals surface area contributed by atoms with Crippen LogP contribution in [0.4, 0.5) is 0 Å². The summed E-state index contributed by atoms with van der Waals surface area (Å²) in [6.07, 6.45) is 16.0. The van der Waals surface area contributed by atoms with Gasteiger partial charge in [-0.1, -0.05) is 71.1 Å². The third-order valence-electron chi connectivity index (χ3n) is 7.10. The SMILES string of the molecule is C=CCOc1ccc(C2OCC(CCCC)CO2)cc1C1CCC(CCCCC)CC1. The molecule has 31 heavy (non-hydrogen) atoms. The summed E-state index contributed by atoms with van der Waals surface area (Å²) >= 11 is 0. The molecule has 0 aromatic heterocycles. The largest absolute Gasteiger partial charge is 0.489 e. The smallest absolute Gasteiger partial charge is 0.183 e. The van der Waals surface area contributed by atoms with E-state index in [1.165, 1.54) is 76.2 Å². The van der Waals surface area contributed by atoms with Gasteiger partial charge in [0.15, 0.2) is 6.29 Å². The summed E-state index contributed by atoms with van der Waals surface area (Å²) in [5.41, 5.74) is 2.48. The highest BCUT2D eigenvalue weighted by atomic mass is 16.7. The number of rotatable bonds is 12. The molecule has 0 N–H and O–H groups in total. The maximum Gasteiger partial charge on any atom is 0.183 e. The lowest BCUT2D eigenvalue weighted by Gasteiger charge is -2.32. The second-order valence-electron chi connectivity index (χ2n) is 9.62. The highest BCUT2D eigenvalue weighted by Crippen LogP contribution is 2.42. The standard InChI is InChI=1S/C28H44O3/c1-4-7-9-11-22-12-14-24(15-13-22)26-19-25(16-17-27(26)29-18-6-3)28-30-20-23(21-31-28)10-8-5-2/h6,16-17,19,22-24,28H,3-5,7-15,18,20-21H2,1-2H3. The van der Waals surface area contributed by atoms with E-state index in [1.54, 1.807) is 0 Å². The molecule has 1 aliphatic heterocycles. The van der Waals surface area contributed by atoms with Crippen LogP contribution in [0.2, 0.25) is 0 Å². The van der Waals surface area contributed by atoms with Crippen molar-refractivity contribution in [3.8, 4) is 5.75 Å². The van der Waals surface area contributed by atoms with Gasteiger partial charge in [-0.05, 0) is 61.6 Å². The number of hydrogen-bond acceptors (Lipinski definition) is 3. The van der Waals surface area contributed by atoms with E-state index in [2.05, 4.69) is 38.6 Å². The van der Waals surface area contributed by atoms with Crippen molar-refractivity contribution in [2.24, 2.45) is 11.8 Å². The Balaban J connectivity index is 1.63. The summed E-state index contributed by atoms with van der Waals surface area (Å²) in [4.78, 5) is 0. The van der Waals surface area contributed by atoms with E-state index in [0.29, 0.717) is 18.4 Å². The van der Waals surface area contributed by atoms with Gasteiger partial charge in [0.25, 0.3) is 0 Å². The first kappa shape index (κ1) is 24.3. The van der Waals surface area contributed by atoms with Crippen LogP contribution in [-0.4, -0.2) is 19.8 Å². The van der Waals surface area contributed by atoms with Crippen LogP contribution in [0.25, 0.3) is 0 Å². The van der Waals surface area contributed by atoms with Crippen LogP contribution >= 0.6 is 0 Å². The van der Waals surface area contributed by atoms with Gasteiger partial charge >= 0.3 is 0 Å². The van der Waals surface area contributed by atoms with Crippen LogP contribution in [0.3, 0.4) is 0 Å². The molecule has 0 amide bonds. The molecule has 1 saturated carbocycles. The molecule has 1 aromatic carbocycles. The van der Waals surface area contributed by atoms with Gasteiger partial charge in [-0.25, -0.2) is 0 Å². The van der Waals surface area contributed by atoms with Crippen LogP contribution in [-0.2, 0) is 9.47 Å². The van der Waals surface area contributed by atoms with Gasteiger partial charge in [-0.3, -0.25) is 0 Å². The number of ether oxygens (including phenoxy) is 3. The first-order valence-electron chi connectivity index (χ1n) is 12.9. The van der Waals surface area contributed by atoms with Gasteiger partial charge in [0.1, 0.15) is 12.4 Å². The number of unbranched alkanes of at least 4 members (excludes halogenated alkanes) is 3. The molecular weight excluding hydrogens is 384 g/mol. The molecule has 1 heterocycles. The summed E-state index contributed by atoms with van der Waals surface area (Å²) in [6.45, 7) is 10.5. The molecule has 0 atom stereocenters. The molecule has 0 unspecified atom stereocenters. The minimum Gasteiger partial charge on any atom is -0.489 e. The van der Waals surface area contributed by atoms with Crippen LogP contribution in [0.15, 0.2) is 30.9 Å². The summed E-state index contributed by atoms with van der Waals surface area (Å²) < 4.78 is 18.3. The van der Waals surface area contributed by atoms with Crippen LogP contribution in [0.5, 0.6) is 5.75 Å². The maximum atomic E-state index is 6.13. The molecule has 174 valence electrons. The van der Waals surface area contributed by atoms with Crippen molar-refractivity contribution >= 4 is 0 Å². The molecule has 0 spiro atoms. The van der Waals surface area contributed by atoms with E-state index in [4.69, 9.17) is 14.2 Å². The maximum absolute atomic E-state index is 6.13. The molecule has 3 nitrogen and oxygen atoms in total. The van der Waals surface area contributed by atoms with Gasteiger partial charge in [0.2, 0.25) is 0 Å². The molecule has 2 aliphatic rings. The molecule has 1 aromatic rings. The molecule has 1 saturated heterocycles.